The summed E-state index contributed by atoms with van der Waals surface area (Å²) in [5.41, 5.74) is 0. The summed E-state index contributed by atoms with van der Waals surface area (Å²) in [4.78, 5) is 22.2. The van der Waals surface area contributed by atoms with Crippen LogP contribution in [0.1, 0.15) is 45.4 Å². The SMILES string of the molecule is CCCCCNC(=O)NC1CCC(C(=O)O)C1. The van der Waals surface area contributed by atoms with Gasteiger partial charge in [-0.2, -0.15) is 0 Å². The molecule has 1 fully saturated rings. The maximum absolute atomic E-state index is 11.5. The van der Waals surface area contributed by atoms with E-state index in [1.165, 1.54) is 0 Å². The second-order valence-electron chi connectivity index (χ2n) is 4.65. The number of nitrogens with one attached hydrogen (secondary N) is 2. The lowest BCUT2D eigenvalue weighted by atomic mass is 10.1. The summed E-state index contributed by atoms with van der Waals surface area (Å²) < 4.78 is 0. The lowest BCUT2D eigenvalue weighted by Gasteiger charge is -2.13. The van der Waals surface area contributed by atoms with E-state index < -0.39 is 5.97 Å². The fourth-order valence-corrected chi connectivity index (χ4v) is 2.15. The zero-order valence-corrected chi connectivity index (χ0v) is 10.4. The number of unbranched alkanes of at least 4 members (excludes halogenated alkanes) is 2. The Kier molecular flexibility index (Phi) is 5.80. The predicted octanol–water partition coefficient (Wildman–Crippen LogP) is 1.73. The zero-order valence-electron chi connectivity index (χ0n) is 10.4. The second kappa shape index (κ2) is 7.14. The van der Waals surface area contributed by atoms with Crippen LogP contribution in [0.15, 0.2) is 0 Å². The Morgan fingerprint density at radius 3 is 2.65 bits per heavy atom. The van der Waals surface area contributed by atoms with Crippen molar-refractivity contribution in [3.63, 3.8) is 0 Å². The van der Waals surface area contributed by atoms with Gasteiger partial charge in [-0.05, 0) is 25.7 Å². The van der Waals surface area contributed by atoms with Crippen LogP contribution in [-0.4, -0.2) is 29.7 Å². The van der Waals surface area contributed by atoms with Crippen molar-refractivity contribution in [2.24, 2.45) is 5.92 Å². The summed E-state index contributed by atoms with van der Waals surface area (Å²) in [6.07, 6.45) is 5.22. The molecule has 0 aromatic carbocycles. The van der Waals surface area contributed by atoms with Crippen LogP contribution < -0.4 is 10.6 Å². The number of aliphatic carboxylic acids is 1. The molecule has 0 aromatic heterocycles. The average Bonchev–Trinajstić information content (AvgIpc) is 2.73. The molecule has 3 N–H and O–H groups in total. The van der Waals surface area contributed by atoms with E-state index in [-0.39, 0.29) is 18.0 Å². The number of hydrogen-bond donors (Lipinski definition) is 3. The van der Waals surface area contributed by atoms with Crippen molar-refractivity contribution < 1.29 is 14.7 Å². The van der Waals surface area contributed by atoms with Crippen LogP contribution >= 0.6 is 0 Å². The van der Waals surface area contributed by atoms with Crippen molar-refractivity contribution in [3.8, 4) is 0 Å². The molecule has 0 aromatic rings. The minimum atomic E-state index is -0.752. The van der Waals surface area contributed by atoms with Crippen LogP contribution in [0.2, 0.25) is 0 Å². The number of carboxylic acids is 1. The van der Waals surface area contributed by atoms with Crippen LogP contribution in [0.5, 0.6) is 0 Å². The zero-order chi connectivity index (χ0) is 12.7. The largest absolute Gasteiger partial charge is 0.481 e. The quantitative estimate of drug-likeness (QED) is 0.621. The Morgan fingerprint density at radius 2 is 2.06 bits per heavy atom. The number of rotatable bonds is 6. The first-order chi connectivity index (χ1) is 8.13. The molecule has 1 aliphatic rings. The molecule has 2 unspecified atom stereocenters. The highest BCUT2D eigenvalue weighted by Gasteiger charge is 2.30. The van der Waals surface area contributed by atoms with Gasteiger partial charge in [0.1, 0.15) is 0 Å². The van der Waals surface area contributed by atoms with Crippen LogP contribution in [0, 0.1) is 5.92 Å². The van der Waals surface area contributed by atoms with Gasteiger partial charge in [0.25, 0.3) is 0 Å². The Morgan fingerprint density at radius 1 is 1.29 bits per heavy atom. The lowest BCUT2D eigenvalue weighted by molar-refractivity contribution is -0.141. The Balaban J connectivity index is 2.13. The maximum Gasteiger partial charge on any atom is 0.315 e. The molecule has 5 nitrogen and oxygen atoms in total. The maximum atomic E-state index is 11.5. The predicted molar refractivity (Wildman–Crippen MR) is 64.8 cm³/mol. The molecule has 1 rings (SSSR count). The second-order valence-corrected chi connectivity index (χ2v) is 4.65. The van der Waals surface area contributed by atoms with Gasteiger partial charge in [-0.25, -0.2) is 4.79 Å². The fraction of sp³-hybridized carbons (Fsp3) is 0.833. The van der Waals surface area contributed by atoms with Crippen LogP contribution in [0.25, 0.3) is 0 Å². The van der Waals surface area contributed by atoms with Gasteiger partial charge in [-0.15, -0.1) is 0 Å². The number of urea groups is 1. The fourth-order valence-electron chi connectivity index (χ4n) is 2.15. The summed E-state index contributed by atoms with van der Waals surface area (Å²) in [6.45, 7) is 2.80. The van der Waals surface area contributed by atoms with Crippen LogP contribution in [0.4, 0.5) is 4.79 Å². The summed E-state index contributed by atoms with van der Waals surface area (Å²) in [6, 6.07) is -0.153. The minimum Gasteiger partial charge on any atom is -0.481 e. The van der Waals surface area contributed by atoms with Crippen molar-refractivity contribution in [1.82, 2.24) is 10.6 Å². The van der Waals surface area contributed by atoms with Crippen molar-refractivity contribution >= 4 is 12.0 Å². The first-order valence-electron chi connectivity index (χ1n) is 6.40. The van der Waals surface area contributed by atoms with Crippen molar-refractivity contribution in [2.45, 2.75) is 51.5 Å². The molecule has 0 bridgehead atoms. The molecule has 17 heavy (non-hydrogen) atoms. The molecule has 1 saturated carbocycles. The van der Waals surface area contributed by atoms with Gasteiger partial charge in [0.2, 0.25) is 0 Å². The molecular formula is C12H22N2O3. The monoisotopic (exact) mass is 242 g/mol. The van der Waals surface area contributed by atoms with Gasteiger partial charge in [-0.1, -0.05) is 19.8 Å². The van der Waals surface area contributed by atoms with Crippen LogP contribution in [-0.2, 0) is 4.79 Å². The smallest absolute Gasteiger partial charge is 0.315 e. The molecule has 2 atom stereocenters. The van der Waals surface area contributed by atoms with Gasteiger partial charge >= 0.3 is 12.0 Å². The van der Waals surface area contributed by atoms with E-state index >= 15 is 0 Å². The summed E-state index contributed by atoms with van der Waals surface area (Å²) >= 11 is 0. The topological polar surface area (TPSA) is 78.4 Å². The van der Waals surface area contributed by atoms with Crippen LogP contribution in [0.3, 0.4) is 0 Å². The average molecular weight is 242 g/mol. The highest BCUT2D eigenvalue weighted by atomic mass is 16.4. The standard InChI is InChI=1S/C12H22N2O3/c1-2-3-4-7-13-12(17)14-10-6-5-9(8-10)11(15)16/h9-10H,2-8H2,1H3,(H,15,16)(H2,13,14,17). The third-order valence-corrected chi connectivity index (χ3v) is 3.18. The van der Waals surface area contributed by atoms with Gasteiger partial charge in [-0.3, -0.25) is 4.79 Å². The van der Waals surface area contributed by atoms with E-state index in [0.29, 0.717) is 19.4 Å². The highest BCUT2D eigenvalue weighted by Crippen LogP contribution is 2.25. The van der Waals surface area contributed by atoms with Crippen molar-refractivity contribution in [3.05, 3.63) is 0 Å². The minimum absolute atomic E-state index is 0.0160. The summed E-state index contributed by atoms with van der Waals surface area (Å²) in [5.74, 6) is -1.04. The van der Waals surface area contributed by atoms with Gasteiger partial charge in [0.15, 0.2) is 0 Å². The third kappa shape index (κ3) is 5.06. The molecule has 0 aliphatic heterocycles. The molecule has 5 heteroatoms. The molecule has 1 aliphatic carbocycles. The van der Waals surface area contributed by atoms with E-state index in [9.17, 15) is 9.59 Å². The van der Waals surface area contributed by atoms with E-state index in [2.05, 4.69) is 17.6 Å². The number of carbonyl (C=O) groups is 2. The molecule has 0 radical (unpaired) electrons. The van der Waals surface area contributed by atoms with E-state index in [0.717, 1.165) is 25.7 Å². The molecule has 98 valence electrons. The molecule has 2 amide bonds. The number of carbonyl (C=O) groups excluding carboxylic acids is 1. The number of hydrogen-bond acceptors (Lipinski definition) is 2. The molecular weight excluding hydrogens is 220 g/mol. The van der Waals surface area contributed by atoms with E-state index in [1.807, 2.05) is 0 Å². The van der Waals surface area contributed by atoms with Gasteiger partial charge in [0.05, 0.1) is 5.92 Å². The molecule has 0 heterocycles. The first kappa shape index (κ1) is 13.8. The number of carboxylic acid groups (broad SMARTS) is 1. The Bertz CT molecular complexity index is 268. The lowest BCUT2D eigenvalue weighted by Crippen LogP contribution is -2.41. The number of amides is 2. The first-order valence-corrected chi connectivity index (χ1v) is 6.40. The summed E-state index contributed by atoms with van der Waals surface area (Å²) in [5, 5.41) is 14.5. The summed E-state index contributed by atoms with van der Waals surface area (Å²) in [7, 11) is 0. The van der Waals surface area contributed by atoms with Gasteiger partial charge in [0, 0.05) is 12.6 Å². The van der Waals surface area contributed by atoms with Crippen molar-refractivity contribution in [1.29, 1.82) is 0 Å². The van der Waals surface area contributed by atoms with Crippen molar-refractivity contribution in [2.75, 3.05) is 6.54 Å². The Hall–Kier alpha value is -1.26. The Labute approximate surface area is 102 Å². The molecule has 0 saturated heterocycles. The van der Waals surface area contributed by atoms with Gasteiger partial charge < -0.3 is 15.7 Å². The normalized spacial score (nSPS) is 23.4. The van der Waals surface area contributed by atoms with E-state index in [4.69, 9.17) is 5.11 Å². The van der Waals surface area contributed by atoms with E-state index in [1.54, 1.807) is 0 Å². The highest BCUT2D eigenvalue weighted by molar-refractivity contribution is 5.75. The third-order valence-electron chi connectivity index (χ3n) is 3.18. The molecule has 0 spiro atoms.